The second-order valence-corrected chi connectivity index (χ2v) is 6.38. The highest BCUT2D eigenvalue weighted by atomic mass is 19.1. The third-order valence-electron chi connectivity index (χ3n) is 4.38. The van der Waals surface area contributed by atoms with Crippen molar-refractivity contribution in [3.63, 3.8) is 0 Å². The quantitative estimate of drug-likeness (QED) is 0.713. The fraction of sp³-hybridized carbons (Fsp3) is 0.353. The zero-order chi connectivity index (χ0) is 18.1. The van der Waals surface area contributed by atoms with E-state index in [2.05, 4.69) is 20.1 Å². The monoisotopic (exact) mass is 356 g/mol. The van der Waals surface area contributed by atoms with E-state index in [4.69, 9.17) is 4.52 Å². The van der Waals surface area contributed by atoms with Crippen LogP contribution in [0.15, 0.2) is 41.6 Å². The van der Waals surface area contributed by atoms with Gasteiger partial charge in [0.1, 0.15) is 5.69 Å². The van der Waals surface area contributed by atoms with Gasteiger partial charge in [-0.3, -0.25) is 9.78 Å². The second kappa shape index (κ2) is 6.32. The Hall–Kier alpha value is -3.10. The van der Waals surface area contributed by atoms with Crippen LogP contribution in [0.1, 0.15) is 29.2 Å². The molecule has 1 aliphatic rings. The molecule has 1 atom stereocenters. The summed E-state index contributed by atoms with van der Waals surface area (Å²) in [6.45, 7) is 0.321. The molecular formula is C17H17FN6O2. The Morgan fingerprint density at radius 3 is 3.04 bits per heavy atom. The van der Waals surface area contributed by atoms with E-state index in [0.29, 0.717) is 24.2 Å². The van der Waals surface area contributed by atoms with E-state index in [0.717, 1.165) is 0 Å². The number of rotatable bonds is 3. The van der Waals surface area contributed by atoms with Crippen LogP contribution < -0.4 is 0 Å². The lowest BCUT2D eigenvalue weighted by molar-refractivity contribution is 0.0149. The predicted molar refractivity (Wildman–Crippen MR) is 88.7 cm³/mol. The molecule has 0 bridgehead atoms. The summed E-state index contributed by atoms with van der Waals surface area (Å²) in [4.78, 5) is 26.2. The van der Waals surface area contributed by atoms with Crippen molar-refractivity contribution in [3.05, 3.63) is 48.6 Å². The summed E-state index contributed by atoms with van der Waals surface area (Å²) in [5, 5.41) is 3.85. The first-order valence-electron chi connectivity index (χ1n) is 8.26. The maximum atomic E-state index is 15.5. The molecule has 8 nitrogen and oxygen atoms in total. The fourth-order valence-corrected chi connectivity index (χ4v) is 3.06. The van der Waals surface area contributed by atoms with Crippen molar-refractivity contribution in [3.8, 4) is 11.4 Å². The van der Waals surface area contributed by atoms with E-state index >= 15 is 4.39 Å². The van der Waals surface area contributed by atoms with E-state index in [1.54, 1.807) is 42.3 Å². The minimum absolute atomic E-state index is 0.116. The highest BCUT2D eigenvalue weighted by Crippen LogP contribution is 2.35. The van der Waals surface area contributed by atoms with Crippen LogP contribution in [0.3, 0.4) is 0 Å². The molecule has 3 aromatic rings. The smallest absolute Gasteiger partial charge is 0.274 e. The third kappa shape index (κ3) is 2.96. The molecule has 9 heteroatoms. The number of amides is 1. The lowest BCUT2D eigenvalue weighted by Crippen LogP contribution is -2.46. The van der Waals surface area contributed by atoms with Crippen molar-refractivity contribution in [2.45, 2.75) is 18.5 Å². The van der Waals surface area contributed by atoms with Crippen molar-refractivity contribution in [1.29, 1.82) is 0 Å². The van der Waals surface area contributed by atoms with Crippen molar-refractivity contribution < 1.29 is 13.7 Å². The lowest BCUT2D eigenvalue weighted by Gasteiger charge is -2.34. The Morgan fingerprint density at radius 2 is 2.31 bits per heavy atom. The van der Waals surface area contributed by atoms with Crippen LogP contribution in [0.4, 0.5) is 4.39 Å². The molecule has 4 rings (SSSR count). The zero-order valence-corrected chi connectivity index (χ0v) is 14.2. The standard InChI is InChI=1S/C17H17FN6O2/c1-23-9-13(20-11-23)15(25)24-7-3-5-17(18,10-24)16-21-14(22-26-16)12-4-2-6-19-8-12/h2,4,6,8-9,11H,3,5,7,10H2,1H3. The first-order valence-corrected chi connectivity index (χ1v) is 8.26. The molecule has 1 saturated heterocycles. The number of aromatic nitrogens is 5. The van der Waals surface area contributed by atoms with Crippen molar-refractivity contribution in [2.75, 3.05) is 13.1 Å². The molecule has 1 aliphatic heterocycles. The summed E-state index contributed by atoms with van der Waals surface area (Å²) in [6.07, 6.45) is 7.08. The van der Waals surface area contributed by atoms with Gasteiger partial charge in [-0.1, -0.05) is 5.16 Å². The first-order chi connectivity index (χ1) is 12.5. The highest BCUT2D eigenvalue weighted by molar-refractivity contribution is 5.92. The van der Waals surface area contributed by atoms with Gasteiger partial charge in [-0.2, -0.15) is 4.98 Å². The van der Waals surface area contributed by atoms with Crippen LogP contribution in [-0.4, -0.2) is 48.6 Å². The van der Waals surface area contributed by atoms with Crippen molar-refractivity contribution in [2.24, 2.45) is 7.05 Å². The normalized spacial score (nSPS) is 20.3. The first kappa shape index (κ1) is 16.4. The Bertz CT molecular complexity index is 924. The summed E-state index contributed by atoms with van der Waals surface area (Å²) in [6, 6.07) is 3.51. The third-order valence-corrected chi connectivity index (χ3v) is 4.38. The number of carbonyl (C=O) groups is 1. The molecule has 134 valence electrons. The average molecular weight is 356 g/mol. The van der Waals surface area contributed by atoms with Gasteiger partial charge >= 0.3 is 0 Å². The summed E-state index contributed by atoms with van der Waals surface area (Å²) in [5.41, 5.74) is -0.947. The van der Waals surface area contributed by atoms with E-state index in [9.17, 15) is 4.79 Å². The number of piperidine rings is 1. The SMILES string of the molecule is Cn1cnc(C(=O)N2CCCC(F)(c3nc(-c4cccnc4)no3)C2)c1. The van der Waals surface area contributed by atoms with Crippen LogP contribution >= 0.6 is 0 Å². The molecule has 0 radical (unpaired) electrons. The van der Waals surface area contributed by atoms with Crippen molar-refractivity contribution >= 4 is 5.91 Å². The van der Waals surface area contributed by atoms with Gasteiger partial charge in [-0.25, -0.2) is 9.37 Å². The summed E-state index contributed by atoms with van der Waals surface area (Å²) >= 11 is 0. The number of alkyl halides is 1. The molecule has 0 N–H and O–H groups in total. The lowest BCUT2D eigenvalue weighted by atomic mass is 9.94. The average Bonchev–Trinajstić information content (AvgIpc) is 3.32. The Morgan fingerprint density at radius 1 is 1.42 bits per heavy atom. The summed E-state index contributed by atoms with van der Waals surface area (Å²) in [5.74, 6) is -0.146. The number of halogens is 1. The van der Waals surface area contributed by atoms with Crippen molar-refractivity contribution in [1.82, 2.24) is 29.6 Å². The van der Waals surface area contributed by atoms with Gasteiger partial charge in [0.15, 0.2) is 0 Å². The molecule has 0 saturated carbocycles. The van der Waals surface area contributed by atoms with E-state index < -0.39 is 5.67 Å². The number of aryl methyl sites for hydroxylation is 1. The molecule has 4 heterocycles. The number of nitrogens with zero attached hydrogens (tertiary/aromatic N) is 6. The van der Waals surface area contributed by atoms with Gasteiger partial charge in [-0.05, 0) is 25.0 Å². The fourth-order valence-electron chi connectivity index (χ4n) is 3.06. The van der Waals surface area contributed by atoms with E-state index in [1.807, 2.05) is 0 Å². The van der Waals surface area contributed by atoms with Crippen LogP contribution in [0, 0.1) is 0 Å². The van der Waals surface area contributed by atoms with Gasteiger partial charge < -0.3 is 14.0 Å². The van der Waals surface area contributed by atoms with Gasteiger partial charge in [0.2, 0.25) is 11.5 Å². The van der Waals surface area contributed by atoms with Gasteiger partial charge in [-0.15, -0.1) is 0 Å². The van der Waals surface area contributed by atoms with Crippen LogP contribution in [0.25, 0.3) is 11.4 Å². The van der Waals surface area contributed by atoms with Crippen LogP contribution in [-0.2, 0) is 12.7 Å². The Labute approximate surface area is 148 Å². The molecule has 3 aromatic heterocycles. The maximum absolute atomic E-state index is 15.5. The molecule has 0 aromatic carbocycles. The van der Waals surface area contributed by atoms with Gasteiger partial charge in [0.05, 0.1) is 12.9 Å². The van der Waals surface area contributed by atoms with Gasteiger partial charge in [0.25, 0.3) is 11.8 Å². The van der Waals surface area contributed by atoms with E-state index in [1.165, 1.54) is 11.2 Å². The molecule has 1 fully saturated rings. The topological polar surface area (TPSA) is 89.9 Å². The minimum Gasteiger partial charge on any atom is -0.340 e. The van der Waals surface area contributed by atoms with E-state index in [-0.39, 0.29) is 30.6 Å². The Kier molecular flexibility index (Phi) is 3.98. The second-order valence-electron chi connectivity index (χ2n) is 6.38. The zero-order valence-electron chi connectivity index (χ0n) is 14.2. The number of pyridine rings is 1. The molecule has 0 aliphatic carbocycles. The molecule has 26 heavy (non-hydrogen) atoms. The molecular weight excluding hydrogens is 339 g/mol. The summed E-state index contributed by atoms with van der Waals surface area (Å²) < 4.78 is 22.4. The predicted octanol–water partition coefficient (Wildman–Crippen LogP) is 1.97. The molecule has 0 spiro atoms. The van der Waals surface area contributed by atoms with Crippen LogP contribution in [0.5, 0.6) is 0 Å². The molecule has 1 unspecified atom stereocenters. The summed E-state index contributed by atoms with van der Waals surface area (Å²) in [7, 11) is 1.78. The molecule has 1 amide bonds. The number of likely N-dealkylation sites (tertiary alicyclic amines) is 1. The number of hydrogen-bond donors (Lipinski definition) is 0. The number of imidazole rings is 1. The van der Waals surface area contributed by atoms with Gasteiger partial charge in [0, 0.05) is 37.7 Å². The highest BCUT2D eigenvalue weighted by Gasteiger charge is 2.44. The number of carbonyl (C=O) groups excluding carboxylic acids is 1. The Balaban J connectivity index is 1.56. The van der Waals surface area contributed by atoms with Crippen LogP contribution in [0.2, 0.25) is 0 Å². The number of hydrogen-bond acceptors (Lipinski definition) is 6. The minimum atomic E-state index is -1.88. The largest absolute Gasteiger partial charge is 0.340 e. The maximum Gasteiger partial charge on any atom is 0.274 e.